The molecular weight excluding hydrogens is 282 g/mol. The lowest BCUT2D eigenvalue weighted by molar-refractivity contribution is 0.640. The van der Waals surface area contributed by atoms with Crippen molar-refractivity contribution in [1.29, 1.82) is 0 Å². The maximum absolute atomic E-state index is 11.6. The van der Waals surface area contributed by atoms with E-state index in [1.165, 1.54) is 4.88 Å². The first-order valence-corrected chi connectivity index (χ1v) is 7.56. The highest BCUT2D eigenvalue weighted by Crippen LogP contribution is 2.21. The molecule has 0 aromatic carbocycles. The Kier molecular flexibility index (Phi) is 5.30. The third kappa shape index (κ3) is 4.21. The molecule has 0 saturated carbocycles. The van der Waals surface area contributed by atoms with Crippen LogP contribution in [0.15, 0.2) is 15.9 Å². The topological polar surface area (TPSA) is 43.1 Å². The van der Waals surface area contributed by atoms with Crippen LogP contribution in [-0.4, -0.2) is 16.5 Å². The zero-order chi connectivity index (χ0) is 10.6. The van der Waals surface area contributed by atoms with Gasteiger partial charge in [0.05, 0.1) is 5.75 Å². The minimum Gasteiger partial charge on any atom is -0.330 e. The van der Waals surface area contributed by atoms with Crippen LogP contribution in [0.25, 0.3) is 0 Å². The van der Waals surface area contributed by atoms with Crippen LogP contribution in [0.5, 0.6) is 0 Å². The smallest absolute Gasteiger partial charge is 0.0580 e. The minimum atomic E-state index is -0.778. The molecule has 2 N–H and O–H groups in total. The second-order valence-corrected chi connectivity index (χ2v) is 6.74. The lowest BCUT2D eigenvalue weighted by Gasteiger charge is -2.06. The Labute approximate surface area is 99.5 Å². The molecule has 2 nitrogen and oxygen atoms in total. The van der Waals surface area contributed by atoms with E-state index < -0.39 is 10.8 Å². The van der Waals surface area contributed by atoms with Crippen molar-refractivity contribution in [2.45, 2.75) is 12.7 Å². The Morgan fingerprint density at radius 1 is 1.71 bits per heavy atom. The zero-order valence-corrected chi connectivity index (χ0v) is 11.3. The number of hydrogen-bond acceptors (Lipinski definition) is 3. The molecule has 0 saturated heterocycles. The van der Waals surface area contributed by atoms with Crippen molar-refractivity contribution in [3.63, 3.8) is 0 Å². The van der Waals surface area contributed by atoms with E-state index in [2.05, 4.69) is 15.9 Å². The summed E-state index contributed by atoms with van der Waals surface area (Å²) < 4.78 is 12.7. The molecule has 1 rings (SSSR count). The predicted molar refractivity (Wildman–Crippen MR) is 67.0 cm³/mol. The summed E-state index contributed by atoms with van der Waals surface area (Å²) in [6, 6.07) is 2.02. The maximum Gasteiger partial charge on any atom is 0.0580 e. The molecule has 80 valence electrons. The average Bonchev–Trinajstić information content (AvgIpc) is 2.50. The second kappa shape index (κ2) is 6.00. The first kappa shape index (κ1) is 12.4. The standard InChI is InChI=1S/C9H14BrNOS2/c1-7(3-11)5-14(12)6-9-2-8(10)4-13-9/h2,4,7H,3,5-6,11H2,1H3. The molecule has 1 heterocycles. The summed E-state index contributed by atoms with van der Waals surface area (Å²) >= 11 is 5.02. The summed E-state index contributed by atoms with van der Waals surface area (Å²) in [5.74, 6) is 1.70. The number of rotatable bonds is 5. The monoisotopic (exact) mass is 295 g/mol. The summed E-state index contributed by atoms with van der Waals surface area (Å²) in [6.45, 7) is 2.64. The van der Waals surface area contributed by atoms with Crippen LogP contribution in [0.4, 0.5) is 0 Å². The van der Waals surface area contributed by atoms with Crippen molar-refractivity contribution >= 4 is 38.1 Å². The molecule has 0 aliphatic heterocycles. The van der Waals surface area contributed by atoms with E-state index in [4.69, 9.17) is 5.73 Å². The normalized spacial score (nSPS) is 15.4. The Morgan fingerprint density at radius 2 is 2.43 bits per heavy atom. The molecule has 0 radical (unpaired) electrons. The van der Waals surface area contributed by atoms with Gasteiger partial charge in [-0.15, -0.1) is 11.3 Å². The van der Waals surface area contributed by atoms with Gasteiger partial charge in [-0.1, -0.05) is 6.92 Å². The fraction of sp³-hybridized carbons (Fsp3) is 0.556. The van der Waals surface area contributed by atoms with Gasteiger partial charge in [0, 0.05) is 31.3 Å². The van der Waals surface area contributed by atoms with Gasteiger partial charge < -0.3 is 5.73 Å². The maximum atomic E-state index is 11.6. The van der Waals surface area contributed by atoms with Gasteiger partial charge >= 0.3 is 0 Å². The first-order chi connectivity index (χ1) is 6.61. The molecule has 0 aliphatic carbocycles. The number of thiophene rings is 1. The van der Waals surface area contributed by atoms with Crippen molar-refractivity contribution in [3.05, 3.63) is 20.8 Å². The van der Waals surface area contributed by atoms with Crippen LogP contribution < -0.4 is 5.73 Å². The average molecular weight is 296 g/mol. The highest BCUT2D eigenvalue weighted by molar-refractivity contribution is 9.10. The molecule has 0 spiro atoms. The lowest BCUT2D eigenvalue weighted by atomic mass is 10.2. The van der Waals surface area contributed by atoms with E-state index in [0.29, 0.717) is 24.0 Å². The quantitative estimate of drug-likeness (QED) is 0.906. The van der Waals surface area contributed by atoms with Crippen LogP contribution in [-0.2, 0) is 16.6 Å². The largest absolute Gasteiger partial charge is 0.330 e. The van der Waals surface area contributed by atoms with Crippen molar-refractivity contribution in [2.24, 2.45) is 11.7 Å². The van der Waals surface area contributed by atoms with Gasteiger partial charge in [0.25, 0.3) is 0 Å². The third-order valence-electron chi connectivity index (χ3n) is 1.80. The second-order valence-electron chi connectivity index (χ2n) is 3.32. The third-order valence-corrected chi connectivity index (χ3v) is 5.25. The van der Waals surface area contributed by atoms with E-state index in [9.17, 15) is 4.21 Å². The molecule has 2 atom stereocenters. The van der Waals surface area contributed by atoms with Crippen LogP contribution in [0.1, 0.15) is 11.8 Å². The summed E-state index contributed by atoms with van der Waals surface area (Å²) in [4.78, 5) is 1.17. The van der Waals surface area contributed by atoms with Gasteiger partial charge in [-0.05, 0) is 34.5 Å². The molecule has 14 heavy (non-hydrogen) atoms. The SMILES string of the molecule is CC(CN)CS(=O)Cc1cc(Br)cs1. The molecule has 1 aromatic heterocycles. The Bertz CT molecular complexity index is 314. The highest BCUT2D eigenvalue weighted by atomic mass is 79.9. The fourth-order valence-corrected chi connectivity index (χ4v) is 4.22. The highest BCUT2D eigenvalue weighted by Gasteiger charge is 2.08. The molecule has 0 fully saturated rings. The van der Waals surface area contributed by atoms with Crippen LogP contribution >= 0.6 is 27.3 Å². The van der Waals surface area contributed by atoms with Crippen molar-refractivity contribution in [2.75, 3.05) is 12.3 Å². The van der Waals surface area contributed by atoms with E-state index >= 15 is 0 Å². The van der Waals surface area contributed by atoms with E-state index in [0.717, 1.165) is 4.47 Å². The predicted octanol–water partition coefficient (Wildman–Crippen LogP) is 2.35. The number of nitrogens with two attached hydrogens (primary N) is 1. The van der Waals surface area contributed by atoms with Crippen LogP contribution in [0, 0.1) is 5.92 Å². The molecule has 2 unspecified atom stereocenters. The molecule has 5 heteroatoms. The molecule has 0 aliphatic rings. The van der Waals surface area contributed by atoms with Gasteiger partial charge in [0.15, 0.2) is 0 Å². The van der Waals surface area contributed by atoms with E-state index in [1.807, 2.05) is 18.4 Å². The summed E-state index contributed by atoms with van der Waals surface area (Å²) in [5.41, 5.74) is 5.48. The van der Waals surface area contributed by atoms with Crippen LogP contribution in [0.2, 0.25) is 0 Å². The van der Waals surface area contributed by atoms with Gasteiger partial charge in [-0.3, -0.25) is 4.21 Å². The van der Waals surface area contributed by atoms with Gasteiger partial charge in [-0.2, -0.15) is 0 Å². The Morgan fingerprint density at radius 3 is 2.93 bits per heavy atom. The van der Waals surface area contributed by atoms with Gasteiger partial charge in [-0.25, -0.2) is 0 Å². The van der Waals surface area contributed by atoms with E-state index in [1.54, 1.807) is 11.3 Å². The van der Waals surface area contributed by atoms with Crippen molar-refractivity contribution < 1.29 is 4.21 Å². The number of hydrogen-bond donors (Lipinski definition) is 1. The number of halogens is 1. The summed E-state index contributed by atoms with van der Waals surface area (Å²) in [7, 11) is -0.778. The van der Waals surface area contributed by atoms with Crippen molar-refractivity contribution in [3.8, 4) is 0 Å². The molecular formula is C9H14BrNOS2. The summed E-state index contributed by atoms with van der Waals surface area (Å²) in [6.07, 6.45) is 0. The molecule has 0 bridgehead atoms. The Balaban J connectivity index is 2.41. The summed E-state index contributed by atoms with van der Waals surface area (Å²) in [5, 5.41) is 2.01. The lowest BCUT2D eigenvalue weighted by Crippen LogP contribution is -2.18. The Hall–Kier alpha value is 0.290. The zero-order valence-electron chi connectivity index (χ0n) is 8.03. The molecule has 1 aromatic rings. The molecule has 0 amide bonds. The fourth-order valence-electron chi connectivity index (χ4n) is 1.03. The first-order valence-electron chi connectivity index (χ1n) is 4.39. The van der Waals surface area contributed by atoms with E-state index in [-0.39, 0.29) is 0 Å². The van der Waals surface area contributed by atoms with Gasteiger partial charge in [0.2, 0.25) is 0 Å². The minimum absolute atomic E-state index is 0.347. The van der Waals surface area contributed by atoms with Crippen LogP contribution in [0.3, 0.4) is 0 Å². The van der Waals surface area contributed by atoms with Gasteiger partial charge in [0.1, 0.15) is 0 Å². The van der Waals surface area contributed by atoms with Crippen molar-refractivity contribution in [1.82, 2.24) is 0 Å².